The number of hydrazine groups is 1. The first-order valence-electron chi connectivity index (χ1n) is 5.87. The lowest BCUT2D eigenvalue weighted by molar-refractivity contribution is 0.470. The van der Waals surface area contributed by atoms with Gasteiger partial charge in [-0.1, -0.05) is 18.2 Å². The number of rotatable bonds is 4. The van der Waals surface area contributed by atoms with E-state index in [0.29, 0.717) is 6.07 Å². The van der Waals surface area contributed by atoms with Gasteiger partial charge >= 0.3 is 0 Å². The summed E-state index contributed by atoms with van der Waals surface area (Å²) in [7, 11) is 0. The van der Waals surface area contributed by atoms with E-state index in [1.54, 1.807) is 0 Å². The monoisotopic (exact) mass is 284 g/mol. The molecule has 0 saturated carbocycles. The van der Waals surface area contributed by atoms with Crippen LogP contribution in [0.1, 0.15) is 17.2 Å². The highest BCUT2D eigenvalue weighted by atomic mass is 19.2. The van der Waals surface area contributed by atoms with Crippen LogP contribution in [0.25, 0.3) is 0 Å². The molecule has 2 aromatic rings. The smallest absolute Gasteiger partial charge is 0.162 e. The molecular weight excluding hydrogens is 272 g/mol. The van der Waals surface area contributed by atoms with E-state index < -0.39 is 29.3 Å². The van der Waals surface area contributed by atoms with Gasteiger partial charge in [0.25, 0.3) is 0 Å². The standard InChI is InChI=1S/C14H12F4N2/c15-9-4-5-10(12(17)7-9)13(20-19)6-8-2-1-3-11(16)14(8)18/h1-5,7,13,20H,6,19H2. The van der Waals surface area contributed by atoms with Crippen LogP contribution in [0.2, 0.25) is 0 Å². The summed E-state index contributed by atoms with van der Waals surface area (Å²) >= 11 is 0. The van der Waals surface area contributed by atoms with Gasteiger partial charge in [-0.15, -0.1) is 0 Å². The Balaban J connectivity index is 2.31. The molecule has 0 aliphatic rings. The zero-order chi connectivity index (χ0) is 14.7. The van der Waals surface area contributed by atoms with Gasteiger partial charge in [-0.25, -0.2) is 17.6 Å². The van der Waals surface area contributed by atoms with Gasteiger partial charge < -0.3 is 0 Å². The SMILES string of the molecule is NNC(Cc1cccc(F)c1F)c1ccc(F)cc1F. The Kier molecular flexibility index (Phi) is 4.36. The van der Waals surface area contributed by atoms with E-state index in [2.05, 4.69) is 5.43 Å². The van der Waals surface area contributed by atoms with Crippen LogP contribution >= 0.6 is 0 Å². The van der Waals surface area contributed by atoms with Crippen molar-refractivity contribution in [3.05, 3.63) is 70.8 Å². The largest absolute Gasteiger partial charge is 0.271 e. The normalized spacial score (nSPS) is 12.4. The molecule has 0 heterocycles. The molecule has 20 heavy (non-hydrogen) atoms. The summed E-state index contributed by atoms with van der Waals surface area (Å²) in [5.74, 6) is 1.80. The van der Waals surface area contributed by atoms with Gasteiger partial charge in [0.05, 0.1) is 6.04 Å². The summed E-state index contributed by atoms with van der Waals surface area (Å²) in [6.45, 7) is 0. The van der Waals surface area contributed by atoms with E-state index in [4.69, 9.17) is 5.84 Å². The van der Waals surface area contributed by atoms with Crippen molar-refractivity contribution in [3.8, 4) is 0 Å². The van der Waals surface area contributed by atoms with Crippen molar-refractivity contribution in [1.29, 1.82) is 0 Å². The van der Waals surface area contributed by atoms with Crippen LogP contribution in [0.5, 0.6) is 0 Å². The number of nitrogens with two attached hydrogens (primary N) is 1. The lowest BCUT2D eigenvalue weighted by Gasteiger charge is -2.17. The van der Waals surface area contributed by atoms with Crippen molar-refractivity contribution in [3.63, 3.8) is 0 Å². The van der Waals surface area contributed by atoms with E-state index in [1.807, 2.05) is 0 Å². The first-order chi connectivity index (χ1) is 9.52. The lowest BCUT2D eigenvalue weighted by atomic mass is 9.98. The highest BCUT2D eigenvalue weighted by molar-refractivity contribution is 5.26. The highest BCUT2D eigenvalue weighted by Gasteiger charge is 2.18. The number of halogens is 4. The quantitative estimate of drug-likeness (QED) is 0.514. The van der Waals surface area contributed by atoms with Crippen LogP contribution in [0.4, 0.5) is 17.6 Å². The Hall–Kier alpha value is -1.92. The summed E-state index contributed by atoms with van der Waals surface area (Å²) in [5, 5.41) is 0. The Morgan fingerprint density at radius 2 is 1.75 bits per heavy atom. The topological polar surface area (TPSA) is 38.0 Å². The van der Waals surface area contributed by atoms with Crippen molar-refractivity contribution in [2.75, 3.05) is 0 Å². The molecule has 0 saturated heterocycles. The molecule has 0 aliphatic heterocycles. The fraction of sp³-hybridized carbons (Fsp3) is 0.143. The molecule has 1 unspecified atom stereocenters. The van der Waals surface area contributed by atoms with Gasteiger partial charge in [0, 0.05) is 11.6 Å². The van der Waals surface area contributed by atoms with Gasteiger partial charge in [0.15, 0.2) is 11.6 Å². The fourth-order valence-electron chi connectivity index (χ4n) is 1.97. The summed E-state index contributed by atoms with van der Waals surface area (Å²) in [6.07, 6.45) is -0.0668. The number of hydrogen-bond acceptors (Lipinski definition) is 2. The molecule has 1 atom stereocenters. The maximum absolute atomic E-state index is 13.7. The van der Waals surface area contributed by atoms with Crippen LogP contribution in [0, 0.1) is 23.3 Å². The molecule has 2 aromatic carbocycles. The third kappa shape index (κ3) is 2.97. The Morgan fingerprint density at radius 1 is 1.00 bits per heavy atom. The maximum atomic E-state index is 13.7. The van der Waals surface area contributed by atoms with E-state index in [-0.39, 0.29) is 17.5 Å². The average Bonchev–Trinajstić information content (AvgIpc) is 2.41. The second kappa shape index (κ2) is 6.02. The first-order valence-corrected chi connectivity index (χ1v) is 5.87. The van der Waals surface area contributed by atoms with Crippen molar-refractivity contribution in [2.45, 2.75) is 12.5 Å². The van der Waals surface area contributed by atoms with Crippen LogP contribution in [-0.2, 0) is 6.42 Å². The van der Waals surface area contributed by atoms with Crippen molar-refractivity contribution < 1.29 is 17.6 Å². The van der Waals surface area contributed by atoms with E-state index in [1.165, 1.54) is 18.2 Å². The van der Waals surface area contributed by atoms with Crippen LogP contribution in [0.15, 0.2) is 36.4 Å². The summed E-state index contributed by atoms with van der Waals surface area (Å²) in [4.78, 5) is 0. The fourth-order valence-corrected chi connectivity index (χ4v) is 1.97. The molecule has 106 valence electrons. The molecule has 0 radical (unpaired) electrons. The van der Waals surface area contributed by atoms with Gasteiger partial charge in [-0.2, -0.15) is 0 Å². The van der Waals surface area contributed by atoms with E-state index >= 15 is 0 Å². The average molecular weight is 284 g/mol. The molecule has 2 nitrogen and oxygen atoms in total. The summed E-state index contributed by atoms with van der Waals surface area (Å²) in [5.41, 5.74) is 2.46. The second-order valence-electron chi connectivity index (χ2n) is 4.30. The van der Waals surface area contributed by atoms with E-state index in [9.17, 15) is 17.6 Å². The molecule has 0 bridgehead atoms. The van der Waals surface area contributed by atoms with Gasteiger partial charge in [0.2, 0.25) is 0 Å². The number of benzene rings is 2. The zero-order valence-corrected chi connectivity index (χ0v) is 10.3. The third-order valence-corrected chi connectivity index (χ3v) is 2.99. The molecule has 0 amide bonds. The minimum atomic E-state index is -1.00. The molecule has 0 aromatic heterocycles. The Morgan fingerprint density at radius 3 is 2.40 bits per heavy atom. The van der Waals surface area contributed by atoms with Crippen LogP contribution < -0.4 is 11.3 Å². The molecule has 6 heteroatoms. The minimum absolute atomic E-state index is 0.0525. The summed E-state index contributed by atoms with van der Waals surface area (Å²) < 4.78 is 53.2. The molecule has 0 aliphatic carbocycles. The lowest BCUT2D eigenvalue weighted by Crippen LogP contribution is -2.30. The molecular formula is C14H12F4N2. The predicted octanol–water partition coefficient (Wildman–Crippen LogP) is 2.99. The van der Waals surface area contributed by atoms with Crippen molar-refractivity contribution in [2.24, 2.45) is 5.84 Å². The molecule has 0 spiro atoms. The molecule has 0 fully saturated rings. The van der Waals surface area contributed by atoms with Crippen LogP contribution in [0.3, 0.4) is 0 Å². The number of hydrogen-bond donors (Lipinski definition) is 2. The molecule has 2 rings (SSSR count). The van der Waals surface area contributed by atoms with Crippen LogP contribution in [-0.4, -0.2) is 0 Å². The molecule has 3 N–H and O–H groups in total. The van der Waals surface area contributed by atoms with Gasteiger partial charge in [-0.05, 0) is 24.1 Å². The van der Waals surface area contributed by atoms with E-state index in [0.717, 1.165) is 12.1 Å². The van der Waals surface area contributed by atoms with Crippen molar-refractivity contribution >= 4 is 0 Å². The second-order valence-corrected chi connectivity index (χ2v) is 4.30. The Labute approximate surface area is 113 Å². The Bertz CT molecular complexity index is 616. The zero-order valence-electron chi connectivity index (χ0n) is 10.3. The summed E-state index contributed by atoms with van der Waals surface area (Å²) in [6, 6.07) is 5.92. The first kappa shape index (κ1) is 14.5. The number of nitrogens with one attached hydrogen (secondary N) is 1. The maximum Gasteiger partial charge on any atom is 0.162 e. The minimum Gasteiger partial charge on any atom is -0.271 e. The third-order valence-electron chi connectivity index (χ3n) is 2.99. The highest BCUT2D eigenvalue weighted by Crippen LogP contribution is 2.23. The van der Waals surface area contributed by atoms with Gasteiger partial charge in [-0.3, -0.25) is 11.3 Å². The van der Waals surface area contributed by atoms with Gasteiger partial charge in [0.1, 0.15) is 11.6 Å². The van der Waals surface area contributed by atoms with Crippen molar-refractivity contribution in [1.82, 2.24) is 5.43 Å². The predicted molar refractivity (Wildman–Crippen MR) is 66.5 cm³/mol.